The Morgan fingerprint density at radius 1 is 1.15 bits per heavy atom. The third kappa shape index (κ3) is 3.44. The van der Waals surface area contributed by atoms with Crippen LogP contribution in [0.25, 0.3) is 0 Å². The first kappa shape index (κ1) is 9.27. The quantitative estimate of drug-likeness (QED) is 0.810. The molecule has 1 aromatic carbocycles. The van der Waals surface area contributed by atoms with Crippen molar-refractivity contribution in [2.45, 2.75) is 12.5 Å². The summed E-state index contributed by atoms with van der Waals surface area (Å²) in [6.07, 6.45) is 3.19. The molecule has 2 rings (SSSR count). The fraction of sp³-hybridized carbons (Fsp3) is 0.353. The number of hydrogen-bond donors (Lipinski definition) is 0. The largest absolute Gasteiger partial charge is 0.365 e. The smallest absolute Gasteiger partial charge is 0.115 e. The lowest BCUT2D eigenvalue weighted by Gasteiger charge is -2.31. The van der Waals surface area contributed by atoms with Crippen LogP contribution in [0.4, 0.5) is 0 Å². The number of benzene rings is 1. The lowest BCUT2D eigenvalue weighted by atomic mass is 9.88. The summed E-state index contributed by atoms with van der Waals surface area (Å²) >= 11 is 0. The predicted molar refractivity (Wildman–Crippen MR) is 81.6 cm³/mol. The standard InChI is InChI=1S/C17H22N2O/c1-17(20-14-13-19(2)3,15-7-5-4-6-8-15)16-9-11-18-12-10-16/h4-12H,13-14H2,1-3H3/i4D,5D,6D,7D,8D. The van der Waals surface area contributed by atoms with Crippen LogP contribution in [-0.2, 0) is 10.3 Å². The average Bonchev–Trinajstić information content (AvgIpc) is 2.59. The first-order valence-corrected chi connectivity index (χ1v) is 6.46. The van der Waals surface area contributed by atoms with Crippen LogP contribution in [-0.4, -0.2) is 37.1 Å². The van der Waals surface area contributed by atoms with E-state index in [1.807, 2.05) is 19.0 Å². The minimum absolute atomic E-state index is 0.128. The van der Waals surface area contributed by atoms with E-state index >= 15 is 0 Å². The molecular formula is C17H22N2O. The van der Waals surface area contributed by atoms with Gasteiger partial charge in [-0.15, -0.1) is 0 Å². The van der Waals surface area contributed by atoms with Crippen LogP contribution in [0.2, 0.25) is 0 Å². The van der Waals surface area contributed by atoms with E-state index < -0.39 is 11.6 Å². The molecule has 1 atom stereocenters. The van der Waals surface area contributed by atoms with Crippen molar-refractivity contribution in [2.75, 3.05) is 27.2 Å². The van der Waals surface area contributed by atoms with Crippen LogP contribution < -0.4 is 0 Å². The van der Waals surface area contributed by atoms with Gasteiger partial charge in [0.25, 0.3) is 0 Å². The molecule has 0 N–H and O–H groups in total. The Hall–Kier alpha value is -1.71. The topological polar surface area (TPSA) is 25.4 Å². The number of likely N-dealkylation sites (N-methyl/N-ethyl adjacent to an activating group) is 1. The van der Waals surface area contributed by atoms with E-state index in [9.17, 15) is 0 Å². The summed E-state index contributed by atoms with van der Waals surface area (Å²) in [6, 6.07) is 1.81. The van der Waals surface area contributed by atoms with Crippen LogP contribution in [0.1, 0.15) is 24.9 Å². The Kier molecular flexibility index (Phi) is 3.08. The van der Waals surface area contributed by atoms with Crippen molar-refractivity contribution in [3.63, 3.8) is 0 Å². The number of pyridine rings is 1. The van der Waals surface area contributed by atoms with Gasteiger partial charge in [-0.1, -0.05) is 30.2 Å². The van der Waals surface area contributed by atoms with E-state index in [1.54, 1.807) is 31.5 Å². The molecule has 0 aliphatic rings. The Morgan fingerprint density at radius 2 is 1.80 bits per heavy atom. The highest BCUT2D eigenvalue weighted by molar-refractivity contribution is 5.34. The molecule has 0 bridgehead atoms. The Bertz CT molecular complexity index is 725. The molecule has 20 heavy (non-hydrogen) atoms. The van der Waals surface area contributed by atoms with Gasteiger partial charge in [-0.2, -0.15) is 0 Å². The fourth-order valence-electron chi connectivity index (χ4n) is 1.89. The number of nitrogens with zero attached hydrogens (tertiary/aromatic N) is 2. The maximum Gasteiger partial charge on any atom is 0.115 e. The highest BCUT2D eigenvalue weighted by Crippen LogP contribution is 2.32. The van der Waals surface area contributed by atoms with Gasteiger partial charge in [0.15, 0.2) is 0 Å². The fourth-order valence-corrected chi connectivity index (χ4v) is 1.89. The monoisotopic (exact) mass is 275 g/mol. The SMILES string of the molecule is [2H]c1c([2H])c([2H])c(C(C)(OCCN(C)C)c2ccncc2)c([2H])c1[2H]. The zero-order chi connectivity index (χ0) is 18.8. The molecule has 1 unspecified atom stereocenters. The van der Waals surface area contributed by atoms with Crippen molar-refractivity contribution in [2.24, 2.45) is 0 Å². The lowest BCUT2D eigenvalue weighted by molar-refractivity contribution is -0.0102. The van der Waals surface area contributed by atoms with Crippen molar-refractivity contribution in [3.8, 4) is 0 Å². The highest BCUT2D eigenvalue weighted by Gasteiger charge is 2.29. The first-order valence-electron chi connectivity index (χ1n) is 8.96. The Morgan fingerprint density at radius 3 is 2.40 bits per heavy atom. The van der Waals surface area contributed by atoms with Gasteiger partial charge in [0.1, 0.15) is 5.60 Å². The van der Waals surface area contributed by atoms with Crippen molar-refractivity contribution < 1.29 is 11.6 Å². The minimum atomic E-state index is -1.19. The van der Waals surface area contributed by atoms with Gasteiger partial charge >= 0.3 is 0 Å². The van der Waals surface area contributed by atoms with Gasteiger partial charge in [-0.05, 0) is 44.3 Å². The van der Waals surface area contributed by atoms with Gasteiger partial charge in [0.05, 0.1) is 13.5 Å². The third-order valence-corrected chi connectivity index (χ3v) is 3.14. The number of rotatable bonds is 6. The summed E-state index contributed by atoms with van der Waals surface area (Å²) in [7, 11) is 3.83. The summed E-state index contributed by atoms with van der Waals surface area (Å²) in [4.78, 5) is 5.95. The molecule has 0 saturated heterocycles. The van der Waals surface area contributed by atoms with E-state index in [4.69, 9.17) is 11.6 Å². The molecule has 106 valence electrons. The predicted octanol–water partition coefficient (Wildman–Crippen LogP) is 2.92. The molecule has 3 nitrogen and oxygen atoms in total. The molecule has 3 heteroatoms. The maximum absolute atomic E-state index is 8.28. The molecular weight excluding hydrogens is 248 g/mol. The normalized spacial score (nSPS) is 17.7. The van der Waals surface area contributed by atoms with Crippen LogP contribution in [0, 0.1) is 0 Å². The molecule has 2 aromatic rings. The van der Waals surface area contributed by atoms with E-state index in [0.717, 1.165) is 0 Å². The highest BCUT2D eigenvalue weighted by atomic mass is 16.5. The van der Waals surface area contributed by atoms with Gasteiger partial charge in [-0.3, -0.25) is 4.98 Å². The maximum atomic E-state index is 8.28. The molecule has 0 spiro atoms. The van der Waals surface area contributed by atoms with Crippen molar-refractivity contribution in [1.29, 1.82) is 0 Å². The van der Waals surface area contributed by atoms with E-state index in [0.29, 0.717) is 18.7 Å². The second kappa shape index (κ2) is 6.64. The Balaban J connectivity index is 2.65. The average molecular weight is 275 g/mol. The molecule has 0 fully saturated rings. The van der Waals surface area contributed by atoms with Crippen LogP contribution in [0.5, 0.6) is 0 Å². The molecule has 0 amide bonds. The van der Waals surface area contributed by atoms with Crippen LogP contribution in [0.15, 0.2) is 54.7 Å². The summed E-state index contributed by atoms with van der Waals surface area (Å²) in [5.41, 5.74) is -0.380. The number of hydrogen-bond acceptors (Lipinski definition) is 3. The lowest BCUT2D eigenvalue weighted by Crippen LogP contribution is -2.31. The summed E-state index contributed by atoms with van der Waals surface area (Å²) in [6.45, 7) is 2.71. The van der Waals surface area contributed by atoms with E-state index in [-0.39, 0.29) is 29.7 Å². The van der Waals surface area contributed by atoms with Crippen LogP contribution in [0.3, 0.4) is 0 Å². The minimum Gasteiger partial charge on any atom is -0.365 e. The zero-order valence-electron chi connectivity index (χ0n) is 17.0. The third-order valence-electron chi connectivity index (χ3n) is 3.14. The molecule has 0 radical (unpaired) electrons. The van der Waals surface area contributed by atoms with Gasteiger partial charge in [-0.25, -0.2) is 0 Å². The second-order valence-electron chi connectivity index (χ2n) is 4.92. The van der Waals surface area contributed by atoms with Crippen LogP contribution >= 0.6 is 0 Å². The molecule has 0 aliphatic carbocycles. The van der Waals surface area contributed by atoms with Crippen molar-refractivity contribution in [3.05, 3.63) is 65.9 Å². The second-order valence-corrected chi connectivity index (χ2v) is 4.92. The summed E-state index contributed by atoms with van der Waals surface area (Å²) in [5.74, 6) is 0. The summed E-state index contributed by atoms with van der Waals surface area (Å²) < 4.78 is 46.3. The van der Waals surface area contributed by atoms with Gasteiger partial charge < -0.3 is 9.64 Å². The molecule has 1 heterocycles. The molecule has 0 saturated carbocycles. The van der Waals surface area contributed by atoms with E-state index in [1.165, 1.54) is 0 Å². The summed E-state index contributed by atoms with van der Waals surface area (Å²) in [5, 5.41) is 0. The van der Waals surface area contributed by atoms with Gasteiger partial charge in [0.2, 0.25) is 0 Å². The zero-order valence-corrected chi connectivity index (χ0v) is 12.0. The molecule has 0 aliphatic heterocycles. The van der Waals surface area contributed by atoms with Gasteiger partial charge in [0, 0.05) is 18.9 Å². The van der Waals surface area contributed by atoms with Crippen molar-refractivity contribution >= 4 is 0 Å². The molecule has 1 aromatic heterocycles. The number of aromatic nitrogens is 1. The Labute approximate surface area is 128 Å². The number of ether oxygens (including phenoxy) is 1. The van der Waals surface area contributed by atoms with Crippen molar-refractivity contribution in [1.82, 2.24) is 9.88 Å². The van der Waals surface area contributed by atoms with E-state index in [2.05, 4.69) is 4.98 Å². The first-order chi connectivity index (χ1) is 11.7.